The number of aryl methyl sites for hydroxylation is 1. The van der Waals surface area contributed by atoms with Crippen LogP contribution < -0.4 is 5.32 Å². The number of amides is 1. The fourth-order valence-corrected chi connectivity index (χ4v) is 6.09. The summed E-state index contributed by atoms with van der Waals surface area (Å²) in [4.78, 5) is 13.4. The lowest BCUT2D eigenvalue weighted by Gasteiger charge is -2.32. The minimum absolute atomic E-state index is 0.00821. The number of nitrogens with one attached hydrogen (secondary N) is 1. The highest BCUT2D eigenvalue weighted by Crippen LogP contribution is 2.40. The second kappa shape index (κ2) is 8.35. The number of hydrogen-bond acceptors (Lipinski definition) is 4. The fourth-order valence-electron chi connectivity index (χ4n) is 4.23. The summed E-state index contributed by atoms with van der Waals surface area (Å²) >= 11 is 0. The lowest BCUT2D eigenvalue weighted by molar-refractivity contribution is -0.113. The normalized spacial score (nSPS) is 14.7. The van der Waals surface area contributed by atoms with Gasteiger partial charge >= 0.3 is 0 Å². The van der Waals surface area contributed by atoms with E-state index in [-0.39, 0.29) is 28.5 Å². The first-order chi connectivity index (χ1) is 16.4. The number of carbonyl (C=O) groups is 1. The summed E-state index contributed by atoms with van der Waals surface area (Å²) in [6.45, 7) is 1.78. The number of anilines is 1. The molecule has 5 rings (SSSR count). The molecule has 0 atom stereocenters. The Bertz CT molecular complexity index is 1560. The molecular formula is C27H22N2O4S. The van der Waals surface area contributed by atoms with Crippen molar-refractivity contribution in [2.45, 2.75) is 18.4 Å². The molecule has 1 amide bonds. The molecule has 0 bridgehead atoms. The van der Waals surface area contributed by atoms with Crippen LogP contribution in [0.4, 0.5) is 5.69 Å². The van der Waals surface area contributed by atoms with Crippen molar-refractivity contribution in [2.24, 2.45) is 0 Å². The number of nitrogens with zero attached hydrogens (tertiary/aromatic N) is 1. The van der Waals surface area contributed by atoms with E-state index in [2.05, 4.69) is 5.32 Å². The number of benzene rings is 4. The lowest BCUT2D eigenvalue weighted by Crippen LogP contribution is -2.39. The summed E-state index contributed by atoms with van der Waals surface area (Å²) in [7, 11) is -4.18. The third-order valence-corrected chi connectivity index (χ3v) is 7.66. The SMILES string of the molecule is Cc1cccc(NC(=O)C2=C(O)c3ccc4ccccc4c3S(=O)(=O)N2Cc2ccccc2)c1. The Balaban J connectivity index is 1.71. The number of aliphatic hydroxyl groups excluding tert-OH is 1. The van der Waals surface area contributed by atoms with Crippen LogP contribution in [0.2, 0.25) is 0 Å². The van der Waals surface area contributed by atoms with E-state index in [0.29, 0.717) is 16.6 Å². The average Bonchev–Trinajstić information content (AvgIpc) is 2.82. The van der Waals surface area contributed by atoms with E-state index in [9.17, 15) is 18.3 Å². The van der Waals surface area contributed by atoms with Gasteiger partial charge in [0.1, 0.15) is 4.90 Å². The molecule has 34 heavy (non-hydrogen) atoms. The number of aliphatic hydroxyl groups is 1. The van der Waals surface area contributed by atoms with Gasteiger partial charge in [0, 0.05) is 16.6 Å². The average molecular weight is 471 g/mol. The van der Waals surface area contributed by atoms with Gasteiger partial charge < -0.3 is 10.4 Å². The van der Waals surface area contributed by atoms with Crippen molar-refractivity contribution < 1.29 is 18.3 Å². The Morgan fingerprint density at radius 3 is 2.41 bits per heavy atom. The summed E-state index contributed by atoms with van der Waals surface area (Å²) in [5, 5.41) is 15.2. The number of hydrogen-bond donors (Lipinski definition) is 2. The molecule has 0 saturated carbocycles. The van der Waals surface area contributed by atoms with E-state index in [1.807, 2.05) is 31.2 Å². The molecule has 2 N–H and O–H groups in total. The highest BCUT2D eigenvalue weighted by atomic mass is 32.2. The van der Waals surface area contributed by atoms with Crippen LogP contribution in [0, 0.1) is 6.92 Å². The molecule has 170 valence electrons. The Morgan fingerprint density at radius 2 is 1.65 bits per heavy atom. The number of fused-ring (bicyclic) bond motifs is 3. The summed E-state index contributed by atoms with van der Waals surface area (Å²) in [6, 6.07) is 26.5. The maximum atomic E-state index is 14.0. The molecule has 1 aliphatic rings. The van der Waals surface area contributed by atoms with Gasteiger partial charge in [0.05, 0.1) is 6.54 Å². The number of rotatable bonds is 4. The first-order valence-corrected chi connectivity index (χ1v) is 12.2. The summed E-state index contributed by atoms with van der Waals surface area (Å²) in [5.41, 5.74) is 1.92. The summed E-state index contributed by atoms with van der Waals surface area (Å²) in [6.07, 6.45) is 0. The molecular weight excluding hydrogens is 448 g/mol. The van der Waals surface area contributed by atoms with Crippen LogP contribution in [0.15, 0.2) is 102 Å². The topological polar surface area (TPSA) is 86.7 Å². The van der Waals surface area contributed by atoms with Crippen LogP contribution >= 0.6 is 0 Å². The minimum atomic E-state index is -4.18. The van der Waals surface area contributed by atoms with Crippen molar-refractivity contribution >= 4 is 38.1 Å². The maximum Gasteiger partial charge on any atom is 0.276 e. The highest BCUT2D eigenvalue weighted by Gasteiger charge is 2.41. The molecule has 1 aliphatic heterocycles. The molecule has 0 spiro atoms. The van der Waals surface area contributed by atoms with Gasteiger partial charge in [-0.25, -0.2) is 8.42 Å². The van der Waals surface area contributed by atoms with Gasteiger partial charge in [-0.1, -0.05) is 72.8 Å². The van der Waals surface area contributed by atoms with Crippen LogP contribution in [-0.2, 0) is 21.4 Å². The quantitative estimate of drug-likeness (QED) is 0.428. The highest BCUT2D eigenvalue weighted by molar-refractivity contribution is 7.89. The molecule has 1 heterocycles. The second-order valence-electron chi connectivity index (χ2n) is 8.18. The Morgan fingerprint density at radius 1 is 0.912 bits per heavy atom. The van der Waals surface area contributed by atoms with Gasteiger partial charge in [0.2, 0.25) is 0 Å². The van der Waals surface area contributed by atoms with E-state index in [1.54, 1.807) is 66.7 Å². The molecule has 4 aromatic rings. The van der Waals surface area contributed by atoms with Gasteiger partial charge in [-0.2, -0.15) is 0 Å². The summed E-state index contributed by atoms with van der Waals surface area (Å²) < 4.78 is 29.0. The summed E-state index contributed by atoms with van der Waals surface area (Å²) in [5.74, 6) is -1.09. The van der Waals surface area contributed by atoms with Crippen LogP contribution in [0.5, 0.6) is 0 Å². The Hall–Kier alpha value is -4.10. The van der Waals surface area contributed by atoms with Crippen molar-refractivity contribution in [2.75, 3.05) is 5.32 Å². The predicted molar refractivity (Wildman–Crippen MR) is 132 cm³/mol. The third-order valence-electron chi connectivity index (χ3n) is 5.82. The largest absolute Gasteiger partial charge is 0.505 e. The molecule has 0 aliphatic carbocycles. The van der Waals surface area contributed by atoms with Crippen molar-refractivity contribution in [1.82, 2.24) is 4.31 Å². The minimum Gasteiger partial charge on any atom is -0.505 e. The zero-order chi connectivity index (χ0) is 23.9. The molecule has 4 aromatic carbocycles. The maximum absolute atomic E-state index is 14.0. The second-order valence-corrected chi connectivity index (χ2v) is 9.98. The predicted octanol–water partition coefficient (Wildman–Crippen LogP) is 5.22. The zero-order valence-electron chi connectivity index (χ0n) is 18.4. The van der Waals surface area contributed by atoms with Gasteiger partial charge in [-0.15, -0.1) is 0 Å². The van der Waals surface area contributed by atoms with Gasteiger partial charge in [-0.05, 0) is 41.6 Å². The third kappa shape index (κ3) is 3.70. The van der Waals surface area contributed by atoms with E-state index in [1.165, 1.54) is 0 Å². The van der Waals surface area contributed by atoms with E-state index in [0.717, 1.165) is 15.3 Å². The smallest absolute Gasteiger partial charge is 0.276 e. The van der Waals surface area contributed by atoms with Crippen molar-refractivity contribution in [3.05, 3.63) is 113 Å². The lowest BCUT2D eigenvalue weighted by atomic mass is 10.0. The number of carbonyl (C=O) groups excluding carboxylic acids is 1. The van der Waals surface area contributed by atoms with E-state index in [4.69, 9.17) is 0 Å². The molecule has 0 fully saturated rings. The first kappa shape index (κ1) is 21.7. The Labute approximate surface area is 197 Å². The number of sulfonamides is 1. The monoisotopic (exact) mass is 470 g/mol. The van der Waals surface area contributed by atoms with Crippen LogP contribution in [0.25, 0.3) is 16.5 Å². The molecule has 0 aromatic heterocycles. The Kier molecular flexibility index (Phi) is 5.34. The standard InChI is InChI=1S/C27H22N2O4S/c1-18-8-7-12-21(16-18)28-27(31)24-25(30)23-15-14-20-11-5-6-13-22(20)26(23)34(32,33)29(24)17-19-9-3-2-4-10-19/h2-16,30H,17H2,1H3,(H,28,31). The van der Waals surface area contributed by atoms with Gasteiger partial charge in [-0.3, -0.25) is 9.10 Å². The van der Waals surface area contributed by atoms with Crippen LogP contribution in [-0.4, -0.2) is 23.7 Å². The molecule has 0 saturated heterocycles. The molecule has 6 nitrogen and oxygen atoms in total. The van der Waals surface area contributed by atoms with Gasteiger partial charge in [0.25, 0.3) is 15.9 Å². The first-order valence-electron chi connectivity index (χ1n) is 10.8. The fraction of sp³-hybridized carbons (Fsp3) is 0.0741. The van der Waals surface area contributed by atoms with E-state index < -0.39 is 15.9 Å². The van der Waals surface area contributed by atoms with Crippen LogP contribution in [0.3, 0.4) is 0 Å². The zero-order valence-corrected chi connectivity index (χ0v) is 19.2. The van der Waals surface area contributed by atoms with Crippen molar-refractivity contribution in [3.63, 3.8) is 0 Å². The molecule has 0 radical (unpaired) electrons. The van der Waals surface area contributed by atoms with Gasteiger partial charge in [0.15, 0.2) is 11.5 Å². The van der Waals surface area contributed by atoms with Crippen molar-refractivity contribution in [1.29, 1.82) is 0 Å². The van der Waals surface area contributed by atoms with Crippen molar-refractivity contribution in [3.8, 4) is 0 Å². The van der Waals surface area contributed by atoms with E-state index >= 15 is 0 Å². The molecule has 0 unspecified atom stereocenters. The molecule has 7 heteroatoms. The van der Waals surface area contributed by atoms with Crippen LogP contribution in [0.1, 0.15) is 16.7 Å².